The zero-order chi connectivity index (χ0) is 24.2. The van der Waals surface area contributed by atoms with E-state index in [-0.39, 0.29) is 26.8 Å². The maximum atomic E-state index is 14.5. The molecule has 0 fully saturated rings. The molecule has 8 heteroatoms. The zero-order valence-electron chi connectivity index (χ0n) is 19.1. The summed E-state index contributed by atoms with van der Waals surface area (Å²) < 4.78 is 71.4. The number of aromatic nitrogens is 1. The summed E-state index contributed by atoms with van der Waals surface area (Å²) in [7, 11) is -2.62. The van der Waals surface area contributed by atoms with Crippen molar-refractivity contribution in [2.24, 2.45) is 0 Å². The fraction of sp³-hybridized carbons (Fsp3) is 0.360. The molecule has 0 bridgehead atoms. The van der Waals surface area contributed by atoms with Gasteiger partial charge < -0.3 is 4.90 Å². The Morgan fingerprint density at radius 2 is 1.58 bits per heavy atom. The van der Waals surface area contributed by atoms with Crippen molar-refractivity contribution in [1.29, 1.82) is 0 Å². The minimum Gasteiger partial charge on any atom is -0.302 e. The van der Waals surface area contributed by atoms with E-state index in [0.717, 1.165) is 5.56 Å². The van der Waals surface area contributed by atoms with E-state index >= 15 is 0 Å². The van der Waals surface area contributed by atoms with Gasteiger partial charge >= 0.3 is 6.18 Å². The molecule has 0 aliphatic carbocycles. The van der Waals surface area contributed by atoms with E-state index in [1.165, 1.54) is 18.2 Å². The van der Waals surface area contributed by atoms with Crippen molar-refractivity contribution in [2.45, 2.75) is 43.7 Å². The molecule has 0 spiro atoms. The number of fused-ring (bicyclic) bond motifs is 1. The van der Waals surface area contributed by atoms with Crippen molar-refractivity contribution >= 4 is 26.5 Å². The molecule has 0 unspecified atom stereocenters. The van der Waals surface area contributed by atoms with Crippen LogP contribution in [-0.4, -0.2) is 37.4 Å². The number of benzene rings is 2. The van der Waals surface area contributed by atoms with Gasteiger partial charge in [0.2, 0.25) is 0 Å². The van der Waals surface area contributed by atoms with Crippen LogP contribution in [0.15, 0.2) is 59.5 Å². The summed E-state index contributed by atoms with van der Waals surface area (Å²) in [5, 5.41) is 0.288. The van der Waals surface area contributed by atoms with Crippen LogP contribution >= 0.6 is 0 Å². The van der Waals surface area contributed by atoms with Gasteiger partial charge in [0.05, 0.1) is 10.4 Å². The van der Waals surface area contributed by atoms with Crippen LogP contribution in [0.2, 0.25) is 0 Å². The summed E-state index contributed by atoms with van der Waals surface area (Å²) in [6, 6.07) is 12.3. The Morgan fingerprint density at radius 1 is 0.939 bits per heavy atom. The highest BCUT2D eigenvalue weighted by Gasteiger charge is 2.43. The summed E-state index contributed by atoms with van der Waals surface area (Å²) in [5.74, 6) is 0. The average Bonchev–Trinajstić information content (AvgIpc) is 3.10. The van der Waals surface area contributed by atoms with Crippen LogP contribution in [-0.2, 0) is 21.6 Å². The maximum Gasteiger partial charge on any atom is 0.433 e. The quantitative estimate of drug-likeness (QED) is 0.472. The summed E-state index contributed by atoms with van der Waals surface area (Å²) in [6.45, 7) is 7.06. The van der Waals surface area contributed by atoms with Gasteiger partial charge in [0.15, 0.2) is 0 Å². The first-order valence-electron chi connectivity index (χ1n) is 10.8. The van der Waals surface area contributed by atoms with Crippen LogP contribution < -0.4 is 0 Å². The second kappa shape index (κ2) is 8.02. The first kappa shape index (κ1) is 23.6. The number of hydrogen-bond acceptors (Lipinski definition) is 3. The molecule has 1 aromatic heterocycles. The van der Waals surface area contributed by atoms with Crippen molar-refractivity contribution in [3.05, 3.63) is 71.4 Å². The van der Waals surface area contributed by atoms with E-state index < -0.39 is 21.9 Å². The van der Waals surface area contributed by atoms with E-state index in [1.54, 1.807) is 36.4 Å². The summed E-state index contributed by atoms with van der Waals surface area (Å²) in [5.41, 5.74) is 0.0496. The highest BCUT2D eigenvalue weighted by Crippen LogP contribution is 2.44. The van der Waals surface area contributed by atoms with Gasteiger partial charge in [-0.3, -0.25) is 0 Å². The van der Waals surface area contributed by atoms with E-state index in [1.807, 2.05) is 32.7 Å². The molecule has 0 atom stereocenters. The lowest BCUT2D eigenvalue weighted by atomic mass is 9.87. The maximum absolute atomic E-state index is 14.5. The third-order valence-corrected chi connectivity index (χ3v) is 7.82. The summed E-state index contributed by atoms with van der Waals surface area (Å²) >= 11 is 0. The Hall–Kier alpha value is -2.58. The van der Waals surface area contributed by atoms with E-state index in [4.69, 9.17) is 0 Å². The number of para-hydroxylation sites is 1. The Balaban J connectivity index is 2.02. The second-order valence-corrected chi connectivity index (χ2v) is 11.3. The van der Waals surface area contributed by atoms with Crippen molar-refractivity contribution in [2.75, 3.05) is 20.1 Å². The van der Waals surface area contributed by atoms with Crippen LogP contribution in [0.1, 0.15) is 44.0 Å². The molecule has 1 aliphatic rings. The molecule has 1 aliphatic heterocycles. The summed E-state index contributed by atoms with van der Waals surface area (Å²) in [4.78, 5) is 1.83. The van der Waals surface area contributed by atoms with Crippen LogP contribution in [0.25, 0.3) is 16.5 Å². The molecule has 4 nitrogen and oxygen atoms in total. The lowest BCUT2D eigenvalue weighted by Gasteiger charge is -2.23. The Labute approximate surface area is 192 Å². The Kier molecular flexibility index (Phi) is 5.73. The predicted molar refractivity (Wildman–Crippen MR) is 125 cm³/mol. The number of hydrogen-bond donors (Lipinski definition) is 0. The Morgan fingerprint density at radius 3 is 2.12 bits per heavy atom. The van der Waals surface area contributed by atoms with Gasteiger partial charge in [-0.05, 0) is 48.2 Å². The minimum atomic E-state index is -4.86. The van der Waals surface area contributed by atoms with Gasteiger partial charge in [0, 0.05) is 24.0 Å². The van der Waals surface area contributed by atoms with Crippen LogP contribution in [0.3, 0.4) is 0 Å². The molecule has 33 heavy (non-hydrogen) atoms. The van der Waals surface area contributed by atoms with E-state index in [2.05, 4.69) is 0 Å². The molecule has 4 rings (SSSR count). The van der Waals surface area contributed by atoms with Crippen molar-refractivity contribution in [3.63, 3.8) is 0 Å². The normalized spacial score (nSPS) is 16.3. The predicted octanol–water partition coefficient (Wildman–Crippen LogP) is 5.91. The molecule has 0 saturated carbocycles. The monoisotopic (exact) mass is 476 g/mol. The number of halogens is 3. The first-order valence-corrected chi connectivity index (χ1v) is 12.2. The van der Waals surface area contributed by atoms with E-state index in [9.17, 15) is 21.6 Å². The molecule has 3 aromatic rings. The smallest absolute Gasteiger partial charge is 0.302 e. The highest BCUT2D eigenvalue weighted by atomic mass is 32.2. The number of nitrogens with zero attached hydrogens (tertiary/aromatic N) is 2. The molecule has 0 saturated heterocycles. The lowest BCUT2D eigenvalue weighted by Crippen LogP contribution is -2.25. The fourth-order valence-corrected chi connectivity index (χ4v) is 5.82. The standard InChI is InChI=1S/C25H27F3N2O2S/c1-24(2,3)18-9-11-19(12-10-18)33(31,32)30-21-8-6-5-7-20(21)22(23(30)25(26,27)28)17-13-15-29(4)16-14-17/h5-13H,14-16H2,1-4H3. The largest absolute Gasteiger partial charge is 0.433 e. The molecule has 2 heterocycles. The number of rotatable bonds is 3. The molecule has 0 N–H and O–H groups in total. The molecule has 2 aromatic carbocycles. The molecule has 0 radical (unpaired) electrons. The van der Waals surface area contributed by atoms with Gasteiger partial charge in [-0.1, -0.05) is 57.2 Å². The van der Waals surface area contributed by atoms with Gasteiger partial charge in [-0.2, -0.15) is 13.2 Å². The Bertz CT molecular complexity index is 1330. The molecule has 176 valence electrons. The van der Waals surface area contributed by atoms with Gasteiger partial charge in [0.1, 0.15) is 5.69 Å². The highest BCUT2D eigenvalue weighted by molar-refractivity contribution is 7.90. The fourth-order valence-electron chi connectivity index (χ4n) is 4.27. The number of alkyl halides is 3. The molecule has 0 amide bonds. The zero-order valence-corrected chi connectivity index (χ0v) is 19.9. The van der Waals surface area contributed by atoms with Gasteiger partial charge in [0.25, 0.3) is 10.0 Å². The topological polar surface area (TPSA) is 42.3 Å². The summed E-state index contributed by atoms with van der Waals surface area (Å²) in [6.07, 6.45) is -2.69. The van der Waals surface area contributed by atoms with Gasteiger partial charge in [-0.15, -0.1) is 0 Å². The lowest BCUT2D eigenvalue weighted by molar-refractivity contribution is -0.141. The second-order valence-electron chi connectivity index (χ2n) is 9.52. The van der Waals surface area contributed by atoms with Crippen molar-refractivity contribution in [3.8, 4) is 0 Å². The number of likely N-dealkylation sites (N-methyl/N-ethyl adjacent to an activating group) is 1. The van der Waals surface area contributed by atoms with Gasteiger partial charge in [-0.25, -0.2) is 12.4 Å². The average molecular weight is 477 g/mol. The third-order valence-electron chi connectivity index (χ3n) is 6.09. The van der Waals surface area contributed by atoms with Crippen LogP contribution in [0, 0.1) is 0 Å². The van der Waals surface area contributed by atoms with Crippen molar-refractivity contribution < 1.29 is 21.6 Å². The van der Waals surface area contributed by atoms with Crippen LogP contribution in [0.4, 0.5) is 13.2 Å². The SMILES string of the molecule is CN1CC=C(c2c(C(F)(F)F)n(S(=O)(=O)c3ccc(C(C)(C)C)cc3)c3ccccc23)CC1. The van der Waals surface area contributed by atoms with Crippen LogP contribution in [0.5, 0.6) is 0 Å². The minimum absolute atomic E-state index is 0.0274. The van der Waals surface area contributed by atoms with Crippen molar-refractivity contribution in [1.82, 2.24) is 8.87 Å². The first-order chi connectivity index (χ1) is 15.3. The molecular formula is C25H27F3N2O2S. The third kappa shape index (κ3) is 4.22. The molecular weight excluding hydrogens is 449 g/mol. The van der Waals surface area contributed by atoms with E-state index in [0.29, 0.717) is 29.1 Å².